The fourth-order valence-electron chi connectivity index (χ4n) is 3.54. The summed E-state index contributed by atoms with van der Waals surface area (Å²) in [6, 6.07) is 3.07. The quantitative estimate of drug-likeness (QED) is 0.336. The van der Waals surface area contributed by atoms with Gasteiger partial charge in [-0.15, -0.1) is 0 Å². The van der Waals surface area contributed by atoms with Crippen LogP contribution in [0.15, 0.2) is 38.9 Å². The topological polar surface area (TPSA) is 167 Å². The highest BCUT2D eigenvalue weighted by molar-refractivity contribution is 7.89. The average Bonchev–Trinajstić information content (AvgIpc) is 2.75. The molecule has 0 saturated heterocycles. The molecule has 16 heteroatoms. The number of sulfonamides is 1. The predicted octanol–water partition coefficient (Wildman–Crippen LogP) is 1.66. The van der Waals surface area contributed by atoms with Crippen molar-refractivity contribution in [2.75, 3.05) is 0 Å². The van der Waals surface area contributed by atoms with E-state index in [1.165, 1.54) is 12.1 Å². The van der Waals surface area contributed by atoms with Gasteiger partial charge in [-0.1, -0.05) is 23.2 Å². The van der Waals surface area contributed by atoms with E-state index < -0.39 is 56.2 Å². The molecule has 0 radical (unpaired) electrons. The van der Waals surface area contributed by atoms with Gasteiger partial charge in [0.2, 0.25) is 10.0 Å². The van der Waals surface area contributed by atoms with Crippen LogP contribution in [0.25, 0.3) is 5.69 Å². The van der Waals surface area contributed by atoms with Gasteiger partial charge in [0.15, 0.2) is 11.4 Å². The van der Waals surface area contributed by atoms with Crippen molar-refractivity contribution in [3.05, 3.63) is 72.2 Å². The minimum atomic E-state index is -4.13. The Bertz CT molecular complexity index is 1530. The molecule has 2 heterocycles. The van der Waals surface area contributed by atoms with E-state index in [4.69, 9.17) is 23.2 Å². The van der Waals surface area contributed by atoms with Gasteiger partial charge >= 0.3 is 5.69 Å². The molecule has 2 aromatic heterocycles. The van der Waals surface area contributed by atoms with E-state index in [1.54, 1.807) is 4.98 Å². The van der Waals surface area contributed by atoms with Gasteiger partial charge in [0.1, 0.15) is 4.90 Å². The fraction of sp³-hybridized carbons (Fsp3) is 0.300. The van der Waals surface area contributed by atoms with Crippen LogP contribution in [0, 0.1) is 0 Å². The van der Waals surface area contributed by atoms with Gasteiger partial charge in [-0.3, -0.25) is 14.8 Å². The number of aromatic hydroxyl groups is 1. The minimum absolute atomic E-state index is 0.0307. The summed E-state index contributed by atoms with van der Waals surface area (Å²) in [5, 5.41) is 22.8. The monoisotopic (exact) mass is 563 g/mol. The molecule has 0 spiro atoms. The maximum absolute atomic E-state index is 13.0. The molecule has 1 aromatic carbocycles. The summed E-state index contributed by atoms with van der Waals surface area (Å²) in [7, 11) is -4.13. The standard InChI is InChI=1S/C20H17Cl2F2N5O6S/c21-13-5-10(29-20(33)26-19(32)17(27-29)18(23)24)6-14(22)12(13)3-8-4-16(15(31)7-25-8)36(34,35)28-9-1-11(30)2-9/h4-7,9,11,18,28,30-31H,1-3H2,(H,26,32,33)/t9-,11-. The lowest BCUT2D eigenvalue weighted by atomic mass is 9.91. The number of H-pyrrole nitrogens is 1. The smallest absolute Gasteiger partial charge is 0.349 e. The summed E-state index contributed by atoms with van der Waals surface area (Å²) >= 11 is 12.6. The summed E-state index contributed by atoms with van der Waals surface area (Å²) in [6.45, 7) is 0. The summed E-state index contributed by atoms with van der Waals surface area (Å²) in [5.74, 6) is -0.586. The molecular formula is C20H17Cl2F2N5O6S. The first-order valence-electron chi connectivity index (χ1n) is 10.2. The van der Waals surface area contributed by atoms with E-state index in [2.05, 4.69) is 14.8 Å². The number of nitrogens with one attached hydrogen (secondary N) is 2. The minimum Gasteiger partial charge on any atom is -0.505 e. The third-order valence-corrected chi connectivity index (χ3v) is 7.64. The summed E-state index contributed by atoms with van der Waals surface area (Å²) in [6.07, 6.45) is -2.47. The molecular weight excluding hydrogens is 547 g/mol. The van der Waals surface area contributed by atoms with E-state index in [9.17, 15) is 37.0 Å². The van der Waals surface area contributed by atoms with Crippen LogP contribution in [0.2, 0.25) is 10.0 Å². The lowest BCUT2D eigenvalue weighted by Gasteiger charge is -2.31. The van der Waals surface area contributed by atoms with Crippen molar-refractivity contribution in [2.24, 2.45) is 0 Å². The molecule has 0 atom stereocenters. The number of alkyl halides is 2. The van der Waals surface area contributed by atoms with Crippen LogP contribution in [-0.4, -0.2) is 50.5 Å². The zero-order valence-electron chi connectivity index (χ0n) is 18.0. The zero-order valence-corrected chi connectivity index (χ0v) is 20.3. The van der Waals surface area contributed by atoms with Gasteiger partial charge < -0.3 is 10.2 Å². The number of nitrogens with zero attached hydrogens (tertiary/aromatic N) is 3. The van der Waals surface area contributed by atoms with Crippen LogP contribution < -0.4 is 16.0 Å². The number of rotatable bonds is 7. The van der Waals surface area contributed by atoms with Gasteiger partial charge in [0, 0.05) is 28.2 Å². The highest BCUT2D eigenvalue weighted by Gasteiger charge is 2.32. The first kappa shape index (κ1) is 26.2. The number of hydrogen-bond donors (Lipinski definition) is 4. The molecule has 0 unspecified atom stereocenters. The maximum atomic E-state index is 13.0. The van der Waals surface area contributed by atoms with E-state index in [0.29, 0.717) is 4.68 Å². The number of aromatic nitrogens is 4. The first-order valence-corrected chi connectivity index (χ1v) is 12.5. The Morgan fingerprint density at radius 3 is 2.42 bits per heavy atom. The Labute approximate surface area is 211 Å². The lowest BCUT2D eigenvalue weighted by molar-refractivity contribution is 0.0712. The molecule has 11 nitrogen and oxygen atoms in total. The molecule has 0 aliphatic heterocycles. The van der Waals surface area contributed by atoms with Gasteiger partial charge in [-0.05, 0) is 36.6 Å². The van der Waals surface area contributed by atoms with Crippen LogP contribution >= 0.6 is 23.2 Å². The van der Waals surface area contributed by atoms with Crippen LogP contribution in [-0.2, 0) is 16.4 Å². The number of aliphatic hydroxyl groups is 1. The SMILES string of the molecule is O=c1[nH]c(=O)n(-c2cc(Cl)c(Cc3cc(S(=O)(=O)N[C@H]4C[C@H](O)C4)c(O)cn3)c(Cl)c2)nc1C(F)F. The number of pyridine rings is 1. The number of hydrogen-bond acceptors (Lipinski definition) is 8. The molecule has 1 aliphatic rings. The van der Waals surface area contributed by atoms with Gasteiger partial charge in [0.25, 0.3) is 12.0 Å². The van der Waals surface area contributed by atoms with Crippen molar-refractivity contribution >= 4 is 33.2 Å². The van der Waals surface area contributed by atoms with Gasteiger partial charge in [-0.25, -0.2) is 26.7 Å². The third-order valence-electron chi connectivity index (χ3n) is 5.42. The molecule has 0 bridgehead atoms. The Morgan fingerprint density at radius 2 is 1.83 bits per heavy atom. The molecule has 4 N–H and O–H groups in total. The second-order valence-corrected chi connectivity index (χ2v) is 10.5. The second kappa shape index (κ2) is 9.86. The van der Waals surface area contributed by atoms with E-state index >= 15 is 0 Å². The van der Waals surface area contributed by atoms with E-state index in [-0.39, 0.29) is 46.3 Å². The van der Waals surface area contributed by atoms with E-state index in [0.717, 1.165) is 12.3 Å². The molecule has 36 heavy (non-hydrogen) atoms. The normalized spacial score (nSPS) is 17.8. The lowest BCUT2D eigenvalue weighted by Crippen LogP contribution is -2.46. The highest BCUT2D eigenvalue weighted by Crippen LogP contribution is 2.32. The molecule has 4 rings (SSSR count). The highest BCUT2D eigenvalue weighted by atomic mass is 35.5. The summed E-state index contributed by atoms with van der Waals surface area (Å²) in [4.78, 5) is 28.9. The van der Waals surface area contributed by atoms with Crippen molar-refractivity contribution in [1.29, 1.82) is 0 Å². The molecule has 192 valence electrons. The molecule has 3 aromatic rings. The summed E-state index contributed by atoms with van der Waals surface area (Å²) < 4.78 is 54.4. The van der Waals surface area contributed by atoms with Crippen molar-refractivity contribution in [3.63, 3.8) is 0 Å². The second-order valence-electron chi connectivity index (χ2n) is 8.01. The largest absolute Gasteiger partial charge is 0.505 e. The van der Waals surface area contributed by atoms with Crippen molar-refractivity contribution in [3.8, 4) is 11.4 Å². The average molecular weight is 564 g/mol. The predicted molar refractivity (Wildman–Crippen MR) is 123 cm³/mol. The third kappa shape index (κ3) is 5.27. The summed E-state index contributed by atoms with van der Waals surface area (Å²) in [5.41, 5.74) is -3.27. The van der Waals surface area contributed by atoms with Crippen LogP contribution in [0.5, 0.6) is 5.75 Å². The van der Waals surface area contributed by atoms with Crippen molar-refractivity contribution < 1.29 is 27.4 Å². The van der Waals surface area contributed by atoms with Crippen molar-refractivity contribution in [1.82, 2.24) is 24.5 Å². The number of benzene rings is 1. The number of aliphatic hydroxyl groups excluding tert-OH is 1. The Morgan fingerprint density at radius 1 is 1.19 bits per heavy atom. The fourth-order valence-corrected chi connectivity index (χ4v) is 5.53. The Balaban J connectivity index is 1.66. The first-order chi connectivity index (χ1) is 16.9. The molecule has 1 aliphatic carbocycles. The van der Waals surface area contributed by atoms with Gasteiger partial charge in [-0.2, -0.15) is 9.78 Å². The van der Waals surface area contributed by atoms with Crippen LogP contribution in [0.1, 0.15) is 36.2 Å². The maximum Gasteiger partial charge on any atom is 0.349 e. The molecule has 0 amide bonds. The van der Waals surface area contributed by atoms with Crippen LogP contribution in [0.4, 0.5) is 8.78 Å². The zero-order chi connectivity index (χ0) is 26.4. The Hall–Kier alpha value is -2.91. The molecule has 1 fully saturated rings. The Kier molecular flexibility index (Phi) is 7.16. The molecule has 1 saturated carbocycles. The van der Waals surface area contributed by atoms with Crippen molar-refractivity contribution in [2.45, 2.75) is 42.7 Å². The van der Waals surface area contributed by atoms with Gasteiger partial charge in [0.05, 0.1) is 18.0 Å². The van der Waals surface area contributed by atoms with Crippen LogP contribution in [0.3, 0.4) is 0 Å². The number of halogens is 4. The number of aromatic amines is 1. The van der Waals surface area contributed by atoms with E-state index in [1.807, 2.05) is 0 Å².